The fourth-order valence-corrected chi connectivity index (χ4v) is 1.82. The van der Waals surface area contributed by atoms with Crippen molar-refractivity contribution in [2.45, 2.75) is 32.1 Å². The normalized spacial score (nSPS) is 21.8. The first-order chi connectivity index (χ1) is 6.36. The van der Waals surface area contributed by atoms with Gasteiger partial charge in [-0.15, -0.1) is 0 Å². The van der Waals surface area contributed by atoms with Gasteiger partial charge in [0.2, 0.25) is 0 Å². The summed E-state index contributed by atoms with van der Waals surface area (Å²) < 4.78 is 0. The molecular weight excluding hydrogens is 158 g/mol. The number of allylic oxidation sites excluding steroid dienone is 2. The van der Waals surface area contributed by atoms with E-state index < -0.39 is 0 Å². The molecule has 0 saturated heterocycles. The number of hydrogen-bond acceptors (Lipinski definition) is 1. The molecule has 13 heavy (non-hydrogen) atoms. The van der Waals surface area contributed by atoms with Gasteiger partial charge >= 0.3 is 0 Å². The maximum absolute atomic E-state index is 4.41. The summed E-state index contributed by atoms with van der Waals surface area (Å²) in [6.45, 7) is 2.12. The lowest BCUT2D eigenvalue weighted by Gasteiger charge is -2.15. The third kappa shape index (κ3) is 1.97. The first-order valence-corrected chi connectivity index (χ1v) is 4.95. The van der Waals surface area contributed by atoms with E-state index in [2.05, 4.69) is 36.2 Å². The third-order valence-corrected chi connectivity index (χ3v) is 2.57. The van der Waals surface area contributed by atoms with Crippen LogP contribution in [0.15, 0.2) is 30.5 Å². The zero-order chi connectivity index (χ0) is 9.10. The molecule has 2 rings (SSSR count). The number of pyridine rings is 1. The summed E-state index contributed by atoms with van der Waals surface area (Å²) in [7, 11) is 0. The molecule has 0 unspecified atom stereocenters. The molecule has 0 fully saturated rings. The van der Waals surface area contributed by atoms with E-state index >= 15 is 0 Å². The van der Waals surface area contributed by atoms with Gasteiger partial charge < -0.3 is 0 Å². The number of hydrogen-bond donors (Lipinski definition) is 0. The van der Waals surface area contributed by atoms with Crippen LogP contribution in [0, 0.1) is 6.92 Å². The van der Waals surface area contributed by atoms with Crippen molar-refractivity contribution in [3.63, 3.8) is 0 Å². The van der Waals surface area contributed by atoms with Crippen molar-refractivity contribution >= 4 is 0 Å². The van der Waals surface area contributed by atoms with Crippen molar-refractivity contribution < 1.29 is 0 Å². The van der Waals surface area contributed by atoms with Gasteiger partial charge in [0, 0.05) is 17.8 Å². The monoisotopic (exact) mass is 173 g/mol. The molecule has 1 aliphatic carbocycles. The number of nitrogens with zero attached hydrogens (tertiary/aromatic N) is 1. The van der Waals surface area contributed by atoms with Gasteiger partial charge in [-0.3, -0.25) is 4.98 Å². The second kappa shape index (κ2) is 3.73. The lowest BCUT2D eigenvalue weighted by molar-refractivity contribution is 0.641. The summed E-state index contributed by atoms with van der Waals surface area (Å²) in [6, 6.07) is 4.25. The predicted molar refractivity (Wildman–Crippen MR) is 54.7 cm³/mol. The fourth-order valence-electron chi connectivity index (χ4n) is 1.82. The molecule has 0 radical (unpaired) electrons. The van der Waals surface area contributed by atoms with Crippen LogP contribution in [-0.4, -0.2) is 4.98 Å². The van der Waals surface area contributed by atoms with Crippen LogP contribution in [0.4, 0.5) is 0 Å². The minimum atomic E-state index is 0.564. The summed E-state index contributed by atoms with van der Waals surface area (Å²) in [5.41, 5.74) is 2.54. The highest BCUT2D eigenvalue weighted by atomic mass is 14.7. The summed E-state index contributed by atoms with van der Waals surface area (Å²) in [6.07, 6.45) is 10.3. The van der Waals surface area contributed by atoms with E-state index in [0.29, 0.717) is 5.92 Å². The third-order valence-electron chi connectivity index (χ3n) is 2.57. The quantitative estimate of drug-likeness (QED) is 0.594. The number of aromatic nitrogens is 1. The summed E-state index contributed by atoms with van der Waals surface area (Å²) in [4.78, 5) is 4.41. The molecule has 0 bridgehead atoms. The van der Waals surface area contributed by atoms with Gasteiger partial charge in [0.25, 0.3) is 0 Å². The van der Waals surface area contributed by atoms with E-state index in [1.165, 1.54) is 30.5 Å². The van der Waals surface area contributed by atoms with E-state index in [1.54, 1.807) is 0 Å². The average Bonchev–Trinajstić information content (AvgIpc) is 2.19. The smallest absolute Gasteiger partial charge is 0.0474 e. The van der Waals surface area contributed by atoms with Gasteiger partial charge in [0.15, 0.2) is 0 Å². The topological polar surface area (TPSA) is 12.9 Å². The van der Waals surface area contributed by atoms with E-state index in [-0.39, 0.29) is 0 Å². The maximum atomic E-state index is 4.41. The van der Waals surface area contributed by atoms with Crippen molar-refractivity contribution in [1.82, 2.24) is 4.98 Å². The van der Waals surface area contributed by atoms with Crippen molar-refractivity contribution in [1.29, 1.82) is 0 Å². The standard InChI is InChI=1S/C12H15N/c1-10-7-8-13-12(9-10)11-5-3-2-4-6-11/h3,5,7-9,11H,2,4,6H2,1H3/t11-/m0/s1. The van der Waals surface area contributed by atoms with Gasteiger partial charge in [-0.05, 0) is 43.9 Å². The molecule has 0 aliphatic heterocycles. The molecule has 0 spiro atoms. The van der Waals surface area contributed by atoms with Crippen LogP contribution < -0.4 is 0 Å². The highest BCUT2D eigenvalue weighted by Crippen LogP contribution is 2.26. The highest BCUT2D eigenvalue weighted by Gasteiger charge is 2.11. The maximum Gasteiger partial charge on any atom is 0.0474 e. The lowest BCUT2D eigenvalue weighted by atomic mass is 9.92. The van der Waals surface area contributed by atoms with Crippen LogP contribution in [0.3, 0.4) is 0 Å². The average molecular weight is 173 g/mol. The van der Waals surface area contributed by atoms with E-state index in [4.69, 9.17) is 0 Å². The van der Waals surface area contributed by atoms with Crippen LogP contribution in [0.2, 0.25) is 0 Å². The van der Waals surface area contributed by atoms with Gasteiger partial charge in [0.1, 0.15) is 0 Å². The first kappa shape index (κ1) is 8.49. The number of aryl methyl sites for hydroxylation is 1. The fraction of sp³-hybridized carbons (Fsp3) is 0.417. The molecule has 1 aromatic rings. The Labute approximate surface area is 79.5 Å². The van der Waals surface area contributed by atoms with Crippen LogP contribution in [0.1, 0.15) is 36.4 Å². The van der Waals surface area contributed by atoms with Gasteiger partial charge in [-0.1, -0.05) is 12.2 Å². The molecule has 1 heterocycles. The van der Waals surface area contributed by atoms with Crippen LogP contribution in [0.5, 0.6) is 0 Å². The predicted octanol–water partition coefficient (Wildman–Crippen LogP) is 3.21. The molecule has 1 aromatic heterocycles. The molecular formula is C12H15N. The van der Waals surface area contributed by atoms with E-state index in [1.807, 2.05) is 6.20 Å². The zero-order valence-electron chi connectivity index (χ0n) is 8.03. The summed E-state index contributed by atoms with van der Waals surface area (Å²) in [5.74, 6) is 0.564. The Bertz CT molecular complexity index is 315. The molecule has 0 N–H and O–H groups in total. The minimum absolute atomic E-state index is 0.564. The molecule has 0 amide bonds. The molecule has 0 aromatic carbocycles. The Morgan fingerprint density at radius 1 is 1.46 bits per heavy atom. The van der Waals surface area contributed by atoms with Crippen molar-refractivity contribution in [2.24, 2.45) is 0 Å². The summed E-state index contributed by atoms with van der Waals surface area (Å²) >= 11 is 0. The molecule has 0 saturated carbocycles. The Morgan fingerprint density at radius 3 is 3.08 bits per heavy atom. The van der Waals surface area contributed by atoms with Crippen LogP contribution in [0.25, 0.3) is 0 Å². The molecule has 1 atom stereocenters. The minimum Gasteiger partial charge on any atom is -0.261 e. The Hall–Kier alpha value is -1.11. The SMILES string of the molecule is Cc1ccnc([C@H]2C=CCCC2)c1. The molecule has 68 valence electrons. The first-order valence-electron chi connectivity index (χ1n) is 4.95. The molecule has 1 heteroatoms. The summed E-state index contributed by atoms with van der Waals surface area (Å²) in [5, 5.41) is 0. The zero-order valence-corrected chi connectivity index (χ0v) is 8.03. The van der Waals surface area contributed by atoms with Gasteiger partial charge in [-0.25, -0.2) is 0 Å². The Kier molecular flexibility index (Phi) is 2.44. The molecule has 1 nitrogen and oxygen atoms in total. The highest BCUT2D eigenvalue weighted by molar-refractivity contribution is 5.22. The second-order valence-electron chi connectivity index (χ2n) is 3.72. The van der Waals surface area contributed by atoms with Crippen molar-refractivity contribution in [3.05, 3.63) is 41.7 Å². The Balaban J connectivity index is 2.24. The second-order valence-corrected chi connectivity index (χ2v) is 3.72. The van der Waals surface area contributed by atoms with Gasteiger partial charge in [-0.2, -0.15) is 0 Å². The largest absolute Gasteiger partial charge is 0.261 e. The Morgan fingerprint density at radius 2 is 2.38 bits per heavy atom. The lowest BCUT2D eigenvalue weighted by Crippen LogP contribution is -2.01. The number of rotatable bonds is 1. The van der Waals surface area contributed by atoms with Crippen molar-refractivity contribution in [3.8, 4) is 0 Å². The van der Waals surface area contributed by atoms with Crippen LogP contribution in [-0.2, 0) is 0 Å². The van der Waals surface area contributed by atoms with Gasteiger partial charge in [0.05, 0.1) is 0 Å². The molecule has 1 aliphatic rings. The van der Waals surface area contributed by atoms with Crippen LogP contribution >= 0.6 is 0 Å². The van der Waals surface area contributed by atoms with Crippen molar-refractivity contribution in [2.75, 3.05) is 0 Å². The van der Waals surface area contributed by atoms with E-state index in [0.717, 1.165) is 0 Å². The van der Waals surface area contributed by atoms with E-state index in [9.17, 15) is 0 Å².